The van der Waals surface area contributed by atoms with Gasteiger partial charge in [0.1, 0.15) is 0 Å². The molecule has 0 spiro atoms. The fraction of sp³-hybridized carbons (Fsp3) is 0.684. The van der Waals surface area contributed by atoms with E-state index >= 15 is 0 Å². The predicted molar refractivity (Wildman–Crippen MR) is 109 cm³/mol. The molecule has 0 radical (unpaired) electrons. The Balaban J connectivity index is 0. The zero-order valence-corrected chi connectivity index (χ0v) is 21.6. The summed E-state index contributed by atoms with van der Waals surface area (Å²) >= 11 is 0. The first-order chi connectivity index (χ1) is 15.4. The summed E-state index contributed by atoms with van der Waals surface area (Å²) in [6.45, 7) is 0. The summed E-state index contributed by atoms with van der Waals surface area (Å²) in [5.74, 6) is 0.560. The quantitative estimate of drug-likeness (QED) is 0.137. The van der Waals surface area contributed by atoms with E-state index in [2.05, 4.69) is 30.4 Å². The molecule has 0 aromatic rings. The molecule has 0 saturated carbocycles. The van der Waals surface area contributed by atoms with Gasteiger partial charge in [-0.15, -0.1) is 0 Å². The fourth-order valence-corrected chi connectivity index (χ4v) is 3.00. The van der Waals surface area contributed by atoms with Gasteiger partial charge in [0.15, 0.2) is 20.2 Å². The van der Waals surface area contributed by atoms with Crippen LogP contribution in [0.2, 0.25) is 0 Å². The van der Waals surface area contributed by atoms with E-state index in [-0.39, 0.29) is 20.4 Å². The number of alkyl halides is 6. The average Bonchev–Trinajstić information content (AvgIpc) is 2.60. The molecule has 2 unspecified atom stereocenters. The minimum atomic E-state index is -6.09. The number of halogens is 6. The normalized spacial score (nSPS) is 21.8. The van der Waals surface area contributed by atoms with Gasteiger partial charge in [-0.1, -0.05) is 43.2 Å². The topological polar surface area (TPSA) is 124 Å². The molecule has 0 bridgehead atoms. The predicted octanol–water partition coefficient (Wildman–Crippen LogP) is 4.90. The van der Waals surface area contributed by atoms with Crippen molar-refractivity contribution in [3.63, 3.8) is 0 Å². The second kappa shape index (κ2) is 16.2. The number of rotatable bonds is 2. The third kappa shape index (κ3) is 15.2. The maximum absolute atomic E-state index is 10.7. The summed E-state index contributed by atoms with van der Waals surface area (Å²) in [5.41, 5.74) is -9.76. The summed E-state index contributed by atoms with van der Waals surface area (Å²) in [4.78, 5) is 0. The third-order valence-electron chi connectivity index (χ3n) is 4.63. The molecular weight excluding hydrogens is 625 g/mol. The summed E-state index contributed by atoms with van der Waals surface area (Å²) in [7, 11) is -10.3. The van der Waals surface area contributed by atoms with Crippen LogP contribution < -0.4 is 0 Å². The molecule has 0 amide bonds. The molecule has 0 saturated heterocycles. The summed E-state index contributed by atoms with van der Waals surface area (Å²) in [6, 6.07) is 0. The van der Waals surface area contributed by atoms with Crippen LogP contribution >= 0.6 is 0 Å². The number of ether oxygens (including phenoxy) is 1. The van der Waals surface area contributed by atoms with Crippen LogP contribution in [0.3, 0.4) is 0 Å². The van der Waals surface area contributed by atoms with Gasteiger partial charge in [0.25, 0.3) is 0 Å². The van der Waals surface area contributed by atoms with Crippen LogP contribution in [0.5, 0.6) is 0 Å². The Morgan fingerprint density at radius 2 is 1.31 bits per heavy atom. The molecule has 0 fully saturated rings. The molecule has 2 aliphatic rings. The van der Waals surface area contributed by atoms with Gasteiger partial charge in [0.2, 0.25) is 0 Å². The van der Waals surface area contributed by atoms with E-state index in [4.69, 9.17) is 30.7 Å². The number of allylic oxidation sites excluding steroid dienone is 5. The molecule has 2 rings (SSSR count). The molecule has 0 heterocycles. The Bertz CT molecular complexity index is 869. The van der Waals surface area contributed by atoms with Crippen LogP contribution in [-0.2, 0) is 45.4 Å². The van der Waals surface area contributed by atoms with Gasteiger partial charge >= 0.3 is 31.4 Å². The molecule has 7 nitrogen and oxygen atoms in total. The largest absolute Gasteiger partial charge is 2.00 e. The zero-order chi connectivity index (χ0) is 26.6. The minimum absolute atomic E-state index is 0. The van der Waals surface area contributed by atoms with Gasteiger partial charge in [-0.25, -0.2) is 16.8 Å². The van der Waals surface area contributed by atoms with Gasteiger partial charge in [-0.3, -0.25) is 0 Å². The average molecular weight is 651 g/mol. The van der Waals surface area contributed by atoms with E-state index in [0.29, 0.717) is 12.0 Å². The second-order valence-electron chi connectivity index (χ2n) is 7.19. The van der Waals surface area contributed by atoms with Crippen LogP contribution in [0.4, 0.5) is 26.3 Å². The molecule has 0 aliphatic heterocycles. The van der Waals surface area contributed by atoms with Crippen LogP contribution in [0.25, 0.3) is 0 Å². The number of methoxy groups -OCH3 is 1. The van der Waals surface area contributed by atoms with Crippen molar-refractivity contribution < 1.29 is 77.4 Å². The molecule has 2 aliphatic carbocycles. The van der Waals surface area contributed by atoms with Crippen LogP contribution in [-0.4, -0.2) is 50.2 Å². The molecule has 0 aromatic carbocycles. The monoisotopic (exact) mass is 650 g/mol. The summed E-state index contributed by atoms with van der Waals surface area (Å²) in [5, 5.41) is 0. The van der Waals surface area contributed by atoms with Crippen LogP contribution in [0.15, 0.2) is 36.0 Å². The van der Waals surface area contributed by atoms with E-state index in [1.807, 2.05) is 7.11 Å². The van der Waals surface area contributed by atoms with Crippen LogP contribution in [0.1, 0.15) is 51.4 Å². The smallest absolute Gasteiger partial charge is 0.741 e. The molecule has 2 atom stereocenters. The Hall–Kier alpha value is -0.758. The summed E-state index contributed by atoms with van der Waals surface area (Å²) in [6.07, 6.45) is 22.1. The van der Waals surface area contributed by atoms with Crippen molar-refractivity contribution in [2.75, 3.05) is 7.11 Å². The van der Waals surface area contributed by atoms with Crippen molar-refractivity contribution in [2.24, 2.45) is 5.92 Å². The SMILES string of the molecule is COC1CCCCCC=C1C1C=CCCC=CC1.O=S(=O)([O-])C(F)(F)F.O=S(=O)([O-])C(F)(F)F.[Pd+2]. The van der Waals surface area contributed by atoms with Gasteiger partial charge in [0, 0.05) is 13.0 Å². The minimum Gasteiger partial charge on any atom is -0.741 e. The van der Waals surface area contributed by atoms with E-state index in [0.717, 1.165) is 6.42 Å². The van der Waals surface area contributed by atoms with E-state index < -0.39 is 31.3 Å². The zero-order valence-electron chi connectivity index (χ0n) is 18.5. The molecule has 16 heteroatoms. The molecule has 208 valence electrons. The maximum atomic E-state index is 10.7. The van der Waals surface area contributed by atoms with Crippen molar-refractivity contribution in [3.05, 3.63) is 36.0 Å². The number of hydrogen-bond acceptors (Lipinski definition) is 7. The van der Waals surface area contributed by atoms with E-state index in [9.17, 15) is 26.3 Å². The Morgan fingerprint density at radius 1 is 0.829 bits per heavy atom. The van der Waals surface area contributed by atoms with E-state index in [1.54, 1.807) is 0 Å². The first-order valence-corrected chi connectivity index (χ1v) is 12.8. The van der Waals surface area contributed by atoms with Gasteiger partial charge in [0.05, 0.1) is 6.10 Å². The van der Waals surface area contributed by atoms with Crippen molar-refractivity contribution in [3.8, 4) is 0 Å². The van der Waals surface area contributed by atoms with Crippen molar-refractivity contribution >= 4 is 20.2 Å². The Labute approximate surface area is 214 Å². The van der Waals surface area contributed by atoms with E-state index in [1.165, 1.54) is 50.5 Å². The van der Waals surface area contributed by atoms with Crippen molar-refractivity contribution in [2.45, 2.75) is 68.5 Å². The molecular formula is C19H26F6O7PdS2. The molecule has 0 aromatic heterocycles. The first-order valence-electron chi connectivity index (χ1n) is 10.0. The Morgan fingerprint density at radius 3 is 1.77 bits per heavy atom. The third-order valence-corrected chi connectivity index (χ3v) is 5.76. The first kappa shape index (κ1) is 36.4. The standard InChI is InChI=1S/C17H26O.2CHF3O3S.Pd/c1-18-17-14-10-6-5-9-13-16(17)15-11-7-3-2-4-8-12-15;2*2-1(3,4)8(5,6)7;/h3,7-8,12-13,15,17H,2,4-6,9-11,14H2,1H3;2*(H,5,6,7);/q;;;+2/p-2. The fourth-order valence-electron chi connectivity index (χ4n) is 3.00. The Kier molecular flexibility index (Phi) is 16.8. The molecule has 35 heavy (non-hydrogen) atoms. The van der Waals surface area contributed by atoms with Crippen molar-refractivity contribution in [1.82, 2.24) is 0 Å². The second-order valence-corrected chi connectivity index (χ2v) is 9.93. The molecule has 0 N–H and O–H groups in total. The van der Waals surface area contributed by atoms with Gasteiger partial charge < -0.3 is 13.8 Å². The van der Waals surface area contributed by atoms with Gasteiger partial charge in [-0.2, -0.15) is 26.3 Å². The van der Waals surface area contributed by atoms with Crippen LogP contribution in [0, 0.1) is 5.92 Å². The van der Waals surface area contributed by atoms with Crippen molar-refractivity contribution in [1.29, 1.82) is 0 Å². The summed E-state index contributed by atoms with van der Waals surface area (Å²) < 4.78 is 124. The number of hydrogen-bond donors (Lipinski definition) is 0. The van der Waals surface area contributed by atoms with Gasteiger partial charge in [-0.05, 0) is 44.1 Å². The maximum Gasteiger partial charge on any atom is 2.00 e.